The van der Waals surface area contributed by atoms with Gasteiger partial charge in [-0.2, -0.15) is 0 Å². The van der Waals surface area contributed by atoms with E-state index in [4.69, 9.17) is 0 Å². The zero-order chi connectivity index (χ0) is 13.9. The van der Waals surface area contributed by atoms with Crippen molar-refractivity contribution in [3.05, 3.63) is 68.8 Å². The Hall–Kier alpha value is -1.16. The molecule has 102 valence electrons. The van der Waals surface area contributed by atoms with Gasteiger partial charge in [0, 0.05) is 10.9 Å². The van der Waals surface area contributed by atoms with Gasteiger partial charge in [-0.15, -0.1) is 11.3 Å². The molecule has 0 aliphatic heterocycles. The summed E-state index contributed by atoms with van der Waals surface area (Å²) in [5.74, 6) is 0. The van der Waals surface area contributed by atoms with Crippen LogP contribution in [0.2, 0.25) is 0 Å². The van der Waals surface area contributed by atoms with Crippen molar-refractivity contribution in [1.29, 1.82) is 0 Å². The van der Waals surface area contributed by atoms with E-state index in [1.165, 1.54) is 25.0 Å². The number of likely N-dealkylation sites (N-methyl/N-ethyl adjacent to an activating group) is 1. The van der Waals surface area contributed by atoms with Crippen LogP contribution in [0.3, 0.4) is 0 Å². The second-order valence-corrected chi connectivity index (χ2v) is 7.36. The average molecular weight is 346 g/mol. The quantitative estimate of drug-likeness (QED) is 0.687. The zero-order valence-electron chi connectivity index (χ0n) is 11.3. The van der Waals surface area contributed by atoms with Crippen molar-refractivity contribution in [3.8, 4) is 0 Å². The Balaban J connectivity index is 1.87. The van der Waals surface area contributed by atoms with Crippen LogP contribution in [0.4, 0.5) is 0 Å². The molecule has 3 aromatic rings. The molecule has 0 aliphatic rings. The number of hydrogen-bond acceptors (Lipinski definition) is 2. The van der Waals surface area contributed by atoms with E-state index in [0.29, 0.717) is 6.04 Å². The van der Waals surface area contributed by atoms with Crippen molar-refractivity contribution < 1.29 is 0 Å². The number of nitrogens with one attached hydrogen (secondary N) is 1. The lowest BCUT2D eigenvalue weighted by atomic mass is 10.0. The Morgan fingerprint density at radius 1 is 1.05 bits per heavy atom. The predicted molar refractivity (Wildman–Crippen MR) is 91.5 cm³/mol. The second kappa shape index (κ2) is 6.08. The number of fused-ring (bicyclic) bond motifs is 1. The molecule has 0 saturated carbocycles. The number of hydrogen-bond donors (Lipinski definition) is 1. The van der Waals surface area contributed by atoms with E-state index in [0.717, 1.165) is 6.42 Å². The summed E-state index contributed by atoms with van der Waals surface area (Å²) in [6, 6.07) is 19.9. The smallest absolute Gasteiger partial charge is 0.0701 e. The van der Waals surface area contributed by atoms with Crippen molar-refractivity contribution in [2.45, 2.75) is 12.5 Å². The van der Waals surface area contributed by atoms with Gasteiger partial charge in [0.15, 0.2) is 0 Å². The maximum absolute atomic E-state index is 3.54. The molecular weight excluding hydrogens is 330 g/mol. The summed E-state index contributed by atoms with van der Waals surface area (Å²) in [6.45, 7) is 0. The Morgan fingerprint density at radius 3 is 2.55 bits per heavy atom. The fourth-order valence-electron chi connectivity index (χ4n) is 2.46. The molecule has 1 unspecified atom stereocenters. The third-order valence-corrected chi connectivity index (χ3v) is 5.28. The first-order valence-corrected chi connectivity index (χ1v) is 8.27. The Morgan fingerprint density at radius 2 is 1.85 bits per heavy atom. The van der Waals surface area contributed by atoms with Crippen molar-refractivity contribution >= 4 is 38.0 Å². The van der Waals surface area contributed by atoms with Crippen molar-refractivity contribution in [3.63, 3.8) is 0 Å². The van der Waals surface area contributed by atoms with Gasteiger partial charge in [-0.25, -0.2) is 0 Å². The standard InChI is InChI=1S/C17H16BrNS/c1-19-15(16-8-9-17(18)20-16)11-12-6-7-13-4-2-3-5-14(13)10-12/h2-10,15,19H,11H2,1H3. The highest BCUT2D eigenvalue weighted by molar-refractivity contribution is 9.11. The molecule has 0 aliphatic carbocycles. The van der Waals surface area contributed by atoms with E-state index in [1.807, 2.05) is 7.05 Å². The van der Waals surface area contributed by atoms with Gasteiger partial charge in [0.2, 0.25) is 0 Å². The van der Waals surface area contributed by atoms with E-state index < -0.39 is 0 Å². The summed E-state index contributed by atoms with van der Waals surface area (Å²) in [6.07, 6.45) is 1.01. The fourth-order valence-corrected chi connectivity index (χ4v) is 4.00. The monoisotopic (exact) mass is 345 g/mol. The van der Waals surface area contributed by atoms with E-state index in [1.54, 1.807) is 11.3 Å². The molecule has 0 amide bonds. The van der Waals surface area contributed by atoms with Gasteiger partial charge in [0.1, 0.15) is 0 Å². The summed E-state index contributed by atoms with van der Waals surface area (Å²) in [4.78, 5) is 1.37. The van der Waals surface area contributed by atoms with Crippen LogP contribution in [0.25, 0.3) is 10.8 Å². The molecule has 0 fully saturated rings. The topological polar surface area (TPSA) is 12.0 Å². The van der Waals surface area contributed by atoms with E-state index in [-0.39, 0.29) is 0 Å². The molecule has 3 rings (SSSR count). The summed E-state index contributed by atoms with van der Waals surface area (Å²) in [7, 11) is 2.03. The highest BCUT2D eigenvalue weighted by Crippen LogP contribution is 2.29. The van der Waals surface area contributed by atoms with Crippen LogP contribution in [0, 0.1) is 0 Å². The summed E-state index contributed by atoms with van der Waals surface area (Å²) in [5, 5.41) is 6.03. The van der Waals surface area contributed by atoms with Gasteiger partial charge in [-0.3, -0.25) is 0 Å². The van der Waals surface area contributed by atoms with Crippen LogP contribution < -0.4 is 5.32 Å². The molecule has 0 spiro atoms. The maximum Gasteiger partial charge on any atom is 0.0701 e. The predicted octanol–water partition coefficient (Wildman–Crippen LogP) is 5.17. The zero-order valence-corrected chi connectivity index (χ0v) is 13.7. The Labute approximate surface area is 131 Å². The van der Waals surface area contributed by atoms with E-state index >= 15 is 0 Å². The van der Waals surface area contributed by atoms with Crippen LogP contribution >= 0.6 is 27.3 Å². The molecule has 3 heteroatoms. The van der Waals surface area contributed by atoms with Crippen LogP contribution in [0.5, 0.6) is 0 Å². The highest BCUT2D eigenvalue weighted by atomic mass is 79.9. The van der Waals surface area contributed by atoms with E-state index in [2.05, 4.69) is 75.8 Å². The minimum Gasteiger partial charge on any atom is -0.312 e. The lowest BCUT2D eigenvalue weighted by Gasteiger charge is -2.15. The van der Waals surface area contributed by atoms with Crippen molar-refractivity contribution in [2.24, 2.45) is 0 Å². The van der Waals surface area contributed by atoms with Gasteiger partial charge in [0.25, 0.3) is 0 Å². The maximum atomic E-state index is 3.54. The molecule has 1 N–H and O–H groups in total. The number of halogens is 1. The van der Waals surface area contributed by atoms with Gasteiger partial charge >= 0.3 is 0 Å². The first-order valence-electron chi connectivity index (χ1n) is 6.66. The van der Waals surface area contributed by atoms with E-state index in [9.17, 15) is 0 Å². The van der Waals surface area contributed by atoms with Crippen LogP contribution in [-0.2, 0) is 6.42 Å². The third kappa shape index (κ3) is 2.95. The van der Waals surface area contributed by atoms with Crippen LogP contribution in [0.1, 0.15) is 16.5 Å². The lowest BCUT2D eigenvalue weighted by molar-refractivity contribution is 0.602. The summed E-state index contributed by atoms with van der Waals surface area (Å²) >= 11 is 5.34. The largest absolute Gasteiger partial charge is 0.312 e. The third-order valence-electron chi connectivity index (χ3n) is 3.54. The number of rotatable bonds is 4. The molecule has 2 aromatic carbocycles. The molecule has 1 atom stereocenters. The molecule has 1 aromatic heterocycles. The number of benzene rings is 2. The molecular formula is C17H16BrNS. The van der Waals surface area contributed by atoms with Gasteiger partial charge in [-0.05, 0) is 57.9 Å². The molecule has 0 radical (unpaired) electrons. The molecule has 20 heavy (non-hydrogen) atoms. The first kappa shape index (κ1) is 13.8. The van der Waals surface area contributed by atoms with Gasteiger partial charge in [0.05, 0.1) is 3.79 Å². The lowest BCUT2D eigenvalue weighted by Crippen LogP contribution is -2.17. The Bertz CT molecular complexity index is 720. The highest BCUT2D eigenvalue weighted by Gasteiger charge is 2.12. The molecule has 1 heterocycles. The molecule has 0 saturated heterocycles. The minimum atomic E-state index is 0.368. The minimum absolute atomic E-state index is 0.368. The Kier molecular flexibility index (Phi) is 4.20. The van der Waals surface area contributed by atoms with Crippen molar-refractivity contribution in [2.75, 3.05) is 7.05 Å². The normalized spacial score (nSPS) is 12.7. The SMILES string of the molecule is CNC(Cc1ccc2ccccc2c1)c1ccc(Br)s1. The summed E-state index contributed by atoms with van der Waals surface area (Å²) in [5.41, 5.74) is 1.37. The van der Waals surface area contributed by atoms with Gasteiger partial charge < -0.3 is 5.32 Å². The summed E-state index contributed by atoms with van der Waals surface area (Å²) < 4.78 is 1.19. The van der Waals surface area contributed by atoms with Crippen LogP contribution in [0.15, 0.2) is 58.4 Å². The average Bonchev–Trinajstić information content (AvgIpc) is 2.91. The number of thiophene rings is 1. The van der Waals surface area contributed by atoms with Crippen LogP contribution in [-0.4, -0.2) is 7.05 Å². The van der Waals surface area contributed by atoms with Crippen molar-refractivity contribution in [1.82, 2.24) is 5.32 Å². The fraction of sp³-hybridized carbons (Fsp3) is 0.176. The molecule has 1 nitrogen and oxygen atoms in total. The van der Waals surface area contributed by atoms with Gasteiger partial charge in [-0.1, -0.05) is 42.5 Å². The molecule has 0 bridgehead atoms. The second-order valence-electron chi connectivity index (χ2n) is 4.87. The first-order chi connectivity index (χ1) is 9.76.